The Morgan fingerprint density at radius 3 is 2.53 bits per heavy atom. The molecule has 0 saturated heterocycles. The number of amides is 1. The number of halogens is 1. The van der Waals surface area contributed by atoms with Crippen LogP contribution in [0.2, 0.25) is 0 Å². The van der Waals surface area contributed by atoms with Crippen LogP contribution in [0.1, 0.15) is 19.4 Å². The fraction of sp³-hybridized carbons (Fsp3) is 0.385. The zero-order valence-corrected chi connectivity index (χ0v) is 11.5. The highest BCUT2D eigenvalue weighted by molar-refractivity contribution is 9.10. The lowest BCUT2D eigenvalue weighted by molar-refractivity contribution is -0.120. The molecule has 1 aromatic carbocycles. The van der Waals surface area contributed by atoms with Crippen LogP contribution in [0.3, 0.4) is 0 Å². The largest absolute Gasteiger partial charge is 0.312 e. The first-order valence-electron chi connectivity index (χ1n) is 5.68. The Hall–Kier alpha value is -1.16. The van der Waals surface area contributed by atoms with Gasteiger partial charge in [0.05, 0.1) is 0 Å². The molecule has 1 aromatic rings. The van der Waals surface area contributed by atoms with Gasteiger partial charge in [0.25, 0.3) is 0 Å². The third-order valence-corrected chi connectivity index (χ3v) is 3.28. The fourth-order valence-corrected chi connectivity index (χ4v) is 2.08. The lowest BCUT2D eigenvalue weighted by atomic mass is 10.1. The Balaban J connectivity index is 2.08. The number of nitrogens with one attached hydrogen (secondary N) is 1. The van der Waals surface area contributed by atoms with Crippen LogP contribution in [0.15, 0.2) is 33.7 Å². The van der Waals surface area contributed by atoms with E-state index in [2.05, 4.69) is 26.2 Å². The van der Waals surface area contributed by atoms with Crippen LogP contribution in [0, 0.1) is 5.92 Å². The van der Waals surface area contributed by atoms with E-state index in [1.165, 1.54) is 0 Å². The van der Waals surface area contributed by atoms with Gasteiger partial charge in [-0.05, 0) is 23.6 Å². The van der Waals surface area contributed by atoms with Gasteiger partial charge in [0, 0.05) is 10.9 Å². The molecule has 0 radical (unpaired) electrons. The maximum atomic E-state index is 11.6. The topological polar surface area (TPSA) is 41.5 Å². The normalized spacial score (nSPS) is 19.4. The zero-order chi connectivity index (χ0) is 12.4. The molecule has 1 N–H and O–H groups in total. The number of carbonyl (C=O) groups is 1. The lowest BCUT2D eigenvalue weighted by Gasteiger charge is -2.06. The Morgan fingerprint density at radius 2 is 2.00 bits per heavy atom. The summed E-state index contributed by atoms with van der Waals surface area (Å²) in [7, 11) is 0. The van der Waals surface area contributed by atoms with Gasteiger partial charge in [-0.2, -0.15) is 0 Å². The van der Waals surface area contributed by atoms with Crippen molar-refractivity contribution < 1.29 is 4.79 Å². The first-order valence-corrected chi connectivity index (χ1v) is 6.47. The van der Waals surface area contributed by atoms with Crippen molar-refractivity contribution in [1.82, 2.24) is 5.32 Å². The van der Waals surface area contributed by atoms with Crippen LogP contribution in [0.25, 0.3) is 0 Å². The number of nitrogens with zero attached hydrogens (tertiary/aromatic N) is 1. The van der Waals surface area contributed by atoms with E-state index in [9.17, 15) is 4.79 Å². The average Bonchev–Trinajstić information content (AvgIpc) is 2.63. The maximum absolute atomic E-state index is 11.6. The van der Waals surface area contributed by atoms with E-state index in [0.717, 1.165) is 15.9 Å². The minimum absolute atomic E-state index is 0.0205. The molecule has 1 heterocycles. The van der Waals surface area contributed by atoms with Crippen molar-refractivity contribution in [2.75, 3.05) is 0 Å². The van der Waals surface area contributed by atoms with Crippen LogP contribution in [0.5, 0.6) is 0 Å². The molecule has 1 aliphatic rings. The summed E-state index contributed by atoms with van der Waals surface area (Å²) in [5.74, 6) is 1.04. The van der Waals surface area contributed by atoms with Gasteiger partial charge in [-0.3, -0.25) is 9.79 Å². The molecule has 0 fully saturated rings. The third kappa shape index (κ3) is 2.94. The summed E-state index contributed by atoms with van der Waals surface area (Å²) in [6.45, 7) is 4.02. The van der Waals surface area contributed by atoms with E-state index in [0.29, 0.717) is 6.42 Å². The quantitative estimate of drug-likeness (QED) is 0.914. The van der Waals surface area contributed by atoms with Gasteiger partial charge < -0.3 is 5.32 Å². The smallest absolute Gasteiger partial charge is 0.250 e. The number of benzene rings is 1. The summed E-state index contributed by atoms with van der Waals surface area (Å²) in [5.41, 5.74) is 1.15. The van der Waals surface area contributed by atoms with Crippen LogP contribution in [-0.4, -0.2) is 17.8 Å². The molecule has 0 saturated carbocycles. The second kappa shape index (κ2) is 5.00. The summed E-state index contributed by atoms with van der Waals surface area (Å²) >= 11 is 3.40. The first kappa shape index (κ1) is 12.3. The predicted octanol–water partition coefficient (Wildman–Crippen LogP) is 2.54. The van der Waals surface area contributed by atoms with E-state index in [4.69, 9.17) is 0 Å². The molecule has 1 unspecified atom stereocenters. The average molecular weight is 295 g/mol. The molecular weight excluding hydrogens is 280 g/mol. The molecule has 1 amide bonds. The molecule has 90 valence electrons. The summed E-state index contributed by atoms with van der Waals surface area (Å²) in [5, 5.41) is 2.85. The first-order chi connectivity index (χ1) is 8.06. The number of hydrogen-bond donors (Lipinski definition) is 1. The minimum Gasteiger partial charge on any atom is -0.312 e. The highest BCUT2D eigenvalue weighted by Gasteiger charge is 2.28. The van der Waals surface area contributed by atoms with Crippen LogP contribution < -0.4 is 5.32 Å². The molecule has 3 nitrogen and oxygen atoms in total. The molecule has 2 rings (SSSR count). The summed E-state index contributed by atoms with van der Waals surface area (Å²) in [4.78, 5) is 16.1. The predicted molar refractivity (Wildman–Crippen MR) is 72.0 cm³/mol. The molecule has 17 heavy (non-hydrogen) atoms. The van der Waals surface area contributed by atoms with E-state index in [1.807, 2.05) is 38.1 Å². The van der Waals surface area contributed by atoms with Crippen molar-refractivity contribution in [3.05, 3.63) is 34.3 Å². The SMILES string of the molecule is CC(C)C1N=C(Cc2ccc(Br)cc2)NC1=O. The van der Waals surface area contributed by atoms with Gasteiger partial charge in [0.2, 0.25) is 5.91 Å². The standard InChI is InChI=1S/C13H15BrN2O/c1-8(2)12-13(17)16-11(15-12)7-9-3-5-10(14)6-4-9/h3-6,8,12H,7H2,1-2H3,(H,15,16,17). The minimum atomic E-state index is -0.222. The molecule has 1 aliphatic heterocycles. The Morgan fingerprint density at radius 1 is 1.35 bits per heavy atom. The van der Waals surface area contributed by atoms with Crippen molar-refractivity contribution in [3.8, 4) is 0 Å². The van der Waals surface area contributed by atoms with Crippen molar-refractivity contribution in [2.24, 2.45) is 10.9 Å². The van der Waals surface area contributed by atoms with Gasteiger partial charge in [-0.1, -0.05) is 41.9 Å². The summed E-state index contributed by atoms with van der Waals surface area (Å²) < 4.78 is 1.05. The van der Waals surface area contributed by atoms with Gasteiger partial charge >= 0.3 is 0 Å². The summed E-state index contributed by atoms with van der Waals surface area (Å²) in [6, 6.07) is 7.82. The van der Waals surface area contributed by atoms with Crippen molar-refractivity contribution in [3.63, 3.8) is 0 Å². The molecule has 0 aliphatic carbocycles. The number of amidine groups is 1. The van der Waals surface area contributed by atoms with Gasteiger partial charge in [0.1, 0.15) is 11.9 Å². The van der Waals surface area contributed by atoms with Gasteiger partial charge in [-0.25, -0.2) is 0 Å². The molecule has 4 heteroatoms. The van der Waals surface area contributed by atoms with Crippen LogP contribution in [-0.2, 0) is 11.2 Å². The third-order valence-electron chi connectivity index (χ3n) is 2.75. The second-order valence-electron chi connectivity index (χ2n) is 4.56. The number of aliphatic imine (C=N–C) groups is 1. The second-order valence-corrected chi connectivity index (χ2v) is 5.47. The van der Waals surface area contributed by atoms with Gasteiger partial charge in [-0.15, -0.1) is 0 Å². The van der Waals surface area contributed by atoms with Crippen molar-refractivity contribution in [2.45, 2.75) is 26.3 Å². The molecule has 1 atom stereocenters. The Kier molecular flexibility index (Phi) is 3.62. The monoisotopic (exact) mass is 294 g/mol. The number of rotatable bonds is 3. The van der Waals surface area contributed by atoms with Crippen molar-refractivity contribution in [1.29, 1.82) is 0 Å². The molecule has 0 spiro atoms. The highest BCUT2D eigenvalue weighted by Crippen LogP contribution is 2.15. The van der Waals surface area contributed by atoms with Gasteiger partial charge in [0.15, 0.2) is 0 Å². The molecule has 0 bridgehead atoms. The van der Waals surface area contributed by atoms with E-state index >= 15 is 0 Å². The Labute approximate surface area is 109 Å². The number of hydrogen-bond acceptors (Lipinski definition) is 2. The van der Waals surface area contributed by atoms with Crippen LogP contribution >= 0.6 is 15.9 Å². The van der Waals surface area contributed by atoms with E-state index in [-0.39, 0.29) is 17.9 Å². The highest BCUT2D eigenvalue weighted by atomic mass is 79.9. The summed E-state index contributed by atoms with van der Waals surface area (Å²) in [6.07, 6.45) is 0.683. The Bertz CT molecular complexity index is 451. The van der Waals surface area contributed by atoms with Crippen LogP contribution in [0.4, 0.5) is 0 Å². The fourth-order valence-electron chi connectivity index (χ4n) is 1.81. The molecule has 0 aromatic heterocycles. The van der Waals surface area contributed by atoms with E-state index < -0.39 is 0 Å². The van der Waals surface area contributed by atoms with Crippen molar-refractivity contribution >= 4 is 27.7 Å². The zero-order valence-electron chi connectivity index (χ0n) is 9.90. The lowest BCUT2D eigenvalue weighted by Crippen LogP contribution is -2.31. The van der Waals surface area contributed by atoms with E-state index in [1.54, 1.807) is 0 Å². The maximum Gasteiger partial charge on any atom is 0.250 e. The molecular formula is C13H15BrN2O. The number of carbonyl (C=O) groups excluding carboxylic acids is 1.